The number of nitrogens with zero attached hydrogens (tertiary/aromatic N) is 1. The Labute approximate surface area is 154 Å². The number of quaternary nitrogens is 1. The molecule has 1 aromatic rings. The molecule has 1 amide bonds. The Morgan fingerprint density at radius 3 is 2.56 bits per heavy atom. The van der Waals surface area contributed by atoms with Gasteiger partial charge in [-0.2, -0.15) is 0 Å². The fourth-order valence-electron chi connectivity index (χ4n) is 3.58. The fourth-order valence-corrected chi connectivity index (χ4v) is 6.13. The van der Waals surface area contributed by atoms with E-state index in [9.17, 15) is 13.2 Å². The van der Waals surface area contributed by atoms with Gasteiger partial charge in [0.15, 0.2) is 16.4 Å². The van der Waals surface area contributed by atoms with Crippen LogP contribution in [0.25, 0.3) is 0 Å². The molecule has 0 bridgehead atoms. The lowest BCUT2D eigenvalue weighted by Crippen LogP contribution is -3.16. The zero-order chi connectivity index (χ0) is 18.0. The van der Waals surface area contributed by atoms with Crippen molar-refractivity contribution < 1.29 is 18.1 Å². The van der Waals surface area contributed by atoms with Gasteiger partial charge in [0.1, 0.15) is 0 Å². The van der Waals surface area contributed by atoms with Crippen molar-refractivity contribution >= 4 is 33.0 Å². The smallest absolute Gasteiger partial charge is 0.275 e. The van der Waals surface area contributed by atoms with Crippen LogP contribution in [0.3, 0.4) is 0 Å². The number of carbonyl (C=O) groups excluding carboxylic acids is 1. The van der Waals surface area contributed by atoms with Gasteiger partial charge in [0, 0.05) is 5.69 Å². The number of alkyl halides is 1. The molecule has 0 spiro atoms. The van der Waals surface area contributed by atoms with Crippen LogP contribution in [0.5, 0.6) is 0 Å². The first-order valence-corrected chi connectivity index (χ1v) is 10.9. The minimum atomic E-state index is -3.13. The highest BCUT2D eigenvalue weighted by molar-refractivity contribution is 7.91. The van der Waals surface area contributed by atoms with E-state index < -0.39 is 21.3 Å². The number of sulfone groups is 1. The second-order valence-corrected chi connectivity index (χ2v) is 9.68. The predicted molar refractivity (Wildman–Crippen MR) is 99.2 cm³/mol. The highest BCUT2D eigenvalue weighted by Gasteiger charge is 2.37. The van der Waals surface area contributed by atoms with E-state index in [1.807, 2.05) is 12.1 Å². The van der Waals surface area contributed by atoms with Crippen LogP contribution in [0.1, 0.15) is 5.56 Å². The molecule has 0 radical (unpaired) electrons. The number of halogens is 1. The van der Waals surface area contributed by atoms with Crippen LogP contribution in [0.15, 0.2) is 24.3 Å². The molecule has 2 saturated heterocycles. The van der Waals surface area contributed by atoms with Crippen molar-refractivity contribution in [2.75, 3.05) is 49.1 Å². The van der Waals surface area contributed by atoms with Crippen LogP contribution in [0.2, 0.25) is 0 Å². The standard InChI is InChI=1S/C17H24ClN3O3S/c1-13-4-2-3-5-16(13)21-8-6-20(7-9-21)10-17(22)19-15-12-25(23,24)11-14(15)18/h2-5,14-15H,6-12H2,1H3,(H,19,22)/p+1/t14-,15+/m0/s1. The molecule has 25 heavy (non-hydrogen) atoms. The fraction of sp³-hybridized carbons (Fsp3) is 0.588. The number of amides is 1. The highest BCUT2D eigenvalue weighted by atomic mass is 35.5. The average molecular weight is 387 g/mol. The molecule has 3 rings (SSSR count). The van der Waals surface area contributed by atoms with Crippen molar-refractivity contribution in [1.82, 2.24) is 5.32 Å². The third kappa shape index (κ3) is 4.65. The van der Waals surface area contributed by atoms with Crippen LogP contribution < -0.4 is 15.1 Å². The summed E-state index contributed by atoms with van der Waals surface area (Å²) in [5.74, 6) is -0.225. The van der Waals surface area contributed by atoms with Crippen molar-refractivity contribution in [3.05, 3.63) is 29.8 Å². The summed E-state index contributed by atoms with van der Waals surface area (Å²) >= 11 is 6.04. The van der Waals surface area contributed by atoms with Gasteiger partial charge in [-0.15, -0.1) is 11.6 Å². The summed E-state index contributed by atoms with van der Waals surface area (Å²) in [6.45, 7) is 6.05. The molecule has 2 aliphatic heterocycles. The maximum absolute atomic E-state index is 12.2. The van der Waals surface area contributed by atoms with Crippen LogP contribution in [-0.2, 0) is 14.6 Å². The molecule has 6 nitrogen and oxygen atoms in total. The molecule has 2 aliphatic rings. The van der Waals surface area contributed by atoms with Gasteiger partial charge in [-0.25, -0.2) is 8.42 Å². The van der Waals surface area contributed by atoms with Crippen molar-refractivity contribution in [2.24, 2.45) is 0 Å². The van der Waals surface area contributed by atoms with Crippen LogP contribution in [0, 0.1) is 6.92 Å². The minimum absolute atomic E-state index is 0.0523. The maximum atomic E-state index is 12.2. The lowest BCUT2D eigenvalue weighted by atomic mass is 10.1. The summed E-state index contributed by atoms with van der Waals surface area (Å²) in [6.07, 6.45) is 0. The Morgan fingerprint density at radius 2 is 1.96 bits per heavy atom. The molecular weight excluding hydrogens is 362 g/mol. The quantitative estimate of drug-likeness (QED) is 0.666. The number of para-hydroxylation sites is 1. The molecule has 2 atom stereocenters. The van der Waals surface area contributed by atoms with Crippen molar-refractivity contribution in [1.29, 1.82) is 0 Å². The van der Waals surface area contributed by atoms with E-state index in [0.717, 1.165) is 26.2 Å². The highest BCUT2D eigenvalue weighted by Crippen LogP contribution is 2.19. The molecule has 0 unspecified atom stereocenters. The normalized spacial score (nSPS) is 26.6. The number of rotatable bonds is 4. The van der Waals surface area contributed by atoms with E-state index >= 15 is 0 Å². The van der Waals surface area contributed by atoms with E-state index in [-0.39, 0.29) is 17.4 Å². The summed E-state index contributed by atoms with van der Waals surface area (Å²) in [7, 11) is -3.13. The zero-order valence-electron chi connectivity index (χ0n) is 14.4. The zero-order valence-corrected chi connectivity index (χ0v) is 15.9. The first-order valence-electron chi connectivity index (χ1n) is 8.62. The summed E-state index contributed by atoms with van der Waals surface area (Å²) in [5.41, 5.74) is 2.52. The molecule has 0 aliphatic carbocycles. The van der Waals surface area contributed by atoms with Crippen LogP contribution >= 0.6 is 11.6 Å². The first-order chi connectivity index (χ1) is 11.8. The minimum Gasteiger partial charge on any atom is -0.360 e. The van der Waals surface area contributed by atoms with Crippen LogP contribution in [-0.4, -0.2) is 70.0 Å². The van der Waals surface area contributed by atoms with Gasteiger partial charge < -0.3 is 15.1 Å². The molecule has 2 fully saturated rings. The van der Waals surface area contributed by atoms with Crippen molar-refractivity contribution in [3.63, 3.8) is 0 Å². The van der Waals surface area contributed by atoms with E-state index in [1.165, 1.54) is 16.2 Å². The van der Waals surface area contributed by atoms with Crippen molar-refractivity contribution in [3.8, 4) is 0 Å². The van der Waals surface area contributed by atoms with E-state index in [0.29, 0.717) is 6.54 Å². The van der Waals surface area contributed by atoms with Gasteiger partial charge in [0.25, 0.3) is 5.91 Å². The topological polar surface area (TPSA) is 70.9 Å². The number of anilines is 1. The Bertz CT molecular complexity index is 732. The Balaban J connectivity index is 1.48. The Hall–Kier alpha value is -1.31. The Kier molecular flexibility index (Phi) is 5.55. The second kappa shape index (κ2) is 7.51. The summed E-state index contributed by atoms with van der Waals surface area (Å²) in [4.78, 5) is 15.8. The van der Waals surface area contributed by atoms with E-state index in [2.05, 4.69) is 29.3 Å². The molecule has 8 heteroatoms. The molecular formula is C17H25ClN3O3S+. The second-order valence-electron chi connectivity index (χ2n) is 6.97. The Morgan fingerprint density at radius 1 is 1.28 bits per heavy atom. The third-order valence-corrected chi connectivity index (χ3v) is 7.34. The average Bonchev–Trinajstić information content (AvgIpc) is 2.80. The number of hydrogen-bond acceptors (Lipinski definition) is 4. The number of nitrogens with one attached hydrogen (secondary N) is 2. The lowest BCUT2D eigenvalue weighted by Gasteiger charge is -2.34. The number of aryl methyl sites for hydroxylation is 1. The molecule has 2 heterocycles. The first kappa shape index (κ1) is 18.5. The monoisotopic (exact) mass is 386 g/mol. The van der Waals surface area contributed by atoms with Gasteiger partial charge >= 0.3 is 0 Å². The number of carbonyl (C=O) groups is 1. The molecule has 0 saturated carbocycles. The van der Waals surface area contributed by atoms with Gasteiger partial charge in [0.2, 0.25) is 0 Å². The summed E-state index contributed by atoms with van der Waals surface area (Å²) < 4.78 is 23.1. The number of hydrogen-bond donors (Lipinski definition) is 2. The number of piperazine rings is 1. The molecule has 2 N–H and O–H groups in total. The van der Waals surface area contributed by atoms with Crippen LogP contribution in [0.4, 0.5) is 5.69 Å². The SMILES string of the molecule is Cc1ccccc1N1CC[NH+](CC(=O)N[C@@H]2CS(=O)(=O)C[C@@H]2Cl)CC1. The van der Waals surface area contributed by atoms with Gasteiger partial charge in [-0.05, 0) is 18.6 Å². The van der Waals surface area contributed by atoms with Gasteiger partial charge in [0.05, 0.1) is 49.1 Å². The number of benzene rings is 1. The van der Waals surface area contributed by atoms with Gasteiger partial charge in [-0.3, -0.25) is 4.79 Å². The molecule has 138 valence electrons. The van der Waals surface area contributed by atoms with Crippen molar-refractivity contribution in [2.45, 2.75) is 18.3 Å². The summed E-state index contributed by atoms with van der Waals surface area (Å²) in [5, 5.41) is 2.27. The third-order valence-electron chi connectivity index (χ3n) is 4.97. The van der Waals surface area contributed by atoms with Gasteiger partial charge in [-0.1, -0.05) is 18.2 Å². The lowest BCUT2D eigenvalue weighted by molar-refractivity contribution is -0.892. The largest absolute Gasteiger partial charge is 0.360 e. The maximum Gasteiger partial charge on any atom is 0.275 e. The van der Waals surface area contributed by atoms with E-state index in [1.54, 1.807) is 0 Å². The van der Waals surface area contributed by atoms with E-state index in [4.69, 9.17) is 11.6 Å². The predicted octanol–water partition coefficient (Wildman–Crippen LogP) is -0.779. The summed E-state index contributed by atoms with van der Waals surface area (Å²) in [6, 6.07) is 7.87. The molecule has 0 aromatic heterocycles. The molecule has 1 aromatic carbocycles.